The molecule has 0 unspecified atom stereocenters. The van der Waals surface area contributed by atoms with Crippen LogP contribution in [-0.2, 0) is 13.2 Å². The number of nitrogens with one attached hydrogen (secondary N) is 1. The summed E-state index contributed by atoms with van der Waals surface area (Å²) in [5.41, 5.74) is 3.12. The average molecular weight is 456 g/mol. The van der Waals surface area contributed by atoms with Crippen molar-refractivity contribution in [3.8, 4) is 5.75 Å². The first-order valence-corrected chi connectivity index (χ1v) is 10.8. The lowest BCUT2D eigenvalue weighted by atomic mass is 10.1. The molecule has 158 valence electrons. The zero-order valence-corrected chi connectivity index (χ0v) is 18.2. The van der Waals surface area contributed by atoms with Crippen molar-refractivity contribution < 1.29 is 13.9 Å². The van der Waals surface area contributed by atoms with Gasteiger partial charge in [0.1, 0.15) is 23.2 Å². The van der Waals surface area contributed by atoms with Crippen LogP contribution in [0.5, 0.6) is 5.75 Å². The molecule has 0 saturated heterocycles. The minimum atomic E-state index is -0.318. The first-order chi connectivity index (χ1) is 15.0. The Hall–Kier alpha value is -3.16. The van der Waals surface area contributed by atoms with Gasteiger partial charge in [-0.3, -0.25) is 9.48 Å². The van der Waals surface area contributed by atoms with Crippen LogP contribution < -0.4 is 10.1 Å². The molecule has 0 aliphatic carbocycles. The summed E-state index contributed by atoms with van der Waals surface area (Å²) in [7, 11) is 0. The van der Waals surface area contributed by atoms with Gasteiger partial charge in [-0.2, -0.15) is 5.10 Å². The maximum atomic E-state index is 13.0. The van der Waals surface area contributed by atoms with E-state index in [9.17, 15) is 9.18 Å². The normalized spacial score (nSPS) is 10.8. The summed E-state index contributed by atoms with van der Waals surface area (Å²) < 4.78 is 20.3. The third-order valence-corrected chi connectivity index (χ3v) is 5.77. The molecule has 31 heavy (non-hydrogen) atoms. The predicted octanol–water partition coefficient (Wildman–Crippen LogP) is 5.93. The first-order valence-electron chi connectivity index (χ1n) is 9.52. The van der Waals surface area contributed by atoms with Gasteiger partial charge in [0, 0.05) is 11.8 Å². The number of rotatable bonds is 7. The number of ether oxygens (including phenoxy) is 1. The van der Waals surface area contributed by atoms with Gasteiger partial charge < -0.3 is 10.1 Å². The molecular formula is C23H19ClFN3O2S. The van der Waals surface area contributed by atoms with E-state index in [0.29, 0.717) is 28.0 Å². The van der Waals surface area contributed by atoms with Crippen molar-refractivity contribution in [2.75, 3.05) is 5.32 Å². The number of carbonyl (C=O) groups excluding carboxylic acids is 1. The Morgan fingerprint density at radius 1 is 1.16 bits per heavy atom. The summed E-state index contributed by atoms with van der Waals surface area (Å²) in [6.07, 6.45) is 1.69. The van der Waals surface area contributed by atoms with Gasteiger partial charge in [0.2, 0.25) is 0 Å². The third-order valence-electron chi connectivity index (χ3n) is 4.51. The van der Waals surface area contributed by atoms with E-state index in [1.54, 1.807) is 29.1 Å². The molecule has 1 amide bonds. The number of hydrogen-bond donors (Lipinski definition) is 1. The van der Waals surface area contributed by atoms with Crippen LogP contribution >= 0.6 is 22.9 Å². The monoisotopic (exact) mass is 455 g/mol. The lowest BCUT2D eigenvalue weighted by molar-refractivity contribution is 0.103. The Balaban J connectivity index is 1.36. The maximum absolute atomic E-state index is 13.0. The van der Waals surface area contributed by atoms with Crippen LogP contribution in [-0.4, -0.2) is 15.7 Å². The van der Waals surface area contributed by atoms with Gasteiger partial charge in [-0.1, -0.05) is 41.4 Å². The number of aryl methyl sites for hydroxylation is 1. The third kappa shape index (κ3) is 5.51. The van der Waals surface area contributed by atoms with Gasteiger partial charge >= 0.3 is 0 Å². The second kappa shape index (κ2) is 9.32. The van der Waals surface area contributed by atoms with Crippen LogP contribution in [0.4, 0.5) is 10.2 Å². The molecule has 2 heterocycles. The molecule has 2 aromatic heterocycles. The minimum absolute atomic E-state index is 0.279. The molecule has 0 bridgehead atoms. The van der Waals surface area contributed by atoms with Crippen LogP contribution in [0, 0.1) is 12.7 Å². The van der Waals surface area contributed by atoms with Crippen LogP contribution in [0.3, 0.4) is 0 Å². The van der Waals surface area contributed by atoms with Crippen molar-refractivity contribution in [3.05, 3.63) is 98.6 Å². The lowest BCUT2D eigenvalue weighted by Gasteiger charge is -2.04. The SMILES string of the molecule is Cc1ccc(Cn2cc(Cl)c(NC(=O)c3cc(COc4ccc(F)cc4)cs3)n2)cc1. The van der Waals surface area contributed by atoms with E-state index >= 15 is 0 Å². The fourth-order valence-electron chi connectivity index (χ4n) is 2.88. The lowest BCUT2D eigenvalue weighted by Crippen LogP contribution is -2.11. The molecule has 0 aliphatic heterocycles. The Bertz CT molecular complexity index is 1190. The molecule has 1 N–H and O–H groups in total. The summed E-state index contributed by atoms with van der Waals surface area (Å²) >= 11 is 7.56. The van der Waals surface area contributed by atoms with E-state index in [1.165, 1.54) is 29.0 Å². The zero-order chi connectivity index (χ0) is 21.8. The molecule has 0 fully saturated rings. The molecule has 0 atom stereocenters. The molecule has 0 aliphatic rings. The van der Waals surface area contributed by atoms with E-state index in [-0.39, 0.29) is 18.3 Å². The van der Waals surface area contributed by atoms with Crippen LogP contribution in [0.1, 0.15) is 26.4 Å². The van der Waals surface area contributed by atoms with Crippen molar-refractivity contribution in [1.29, 1.82) is 0 Å². The number of thiophene rings is 1. The van der Waals surface area contributed by atoms with E-state index in [4.69, 9.17) is 16.3 Å². The molecule has 5 nitrogen and oxygen atoms in total. The summed E-state index contributed by atoms with van der Waals surface area (Å²) in [5, 5.41) is 9.36. The highest BCUT2D eigenvalue weighted by Gasteiger charge is 2.15. The highest BCUT2D eigenvalue weighted by Crippen LogP contribution is 2.23. The van der Waals surface area contributed by atoms with Crippen molar-refractivity contribution in [3.63, 3.8) is 0 Å². The van der Waals surface area contributed by atoms with Crippen LogP contribution in [0.15, 0.2) is 66.2 Å². The molecule has 2 aromatic carbocycles. The van der Waals surface area contributed by atoms with Gasteiger partial charge in [-0.25, -0.2) is 4.39 Å². The first kappa shape index (κ1) is 21.1. The van der Waals surface area contributed by atoms with Gasteiger partial charge in [0.05, 0.1) is 11.4 Å². The molecule has 0 saturated carbocycles. The number of carbonyl (C=O) groups is 1. The fraction of sp³-hybridized carbons (Fsp3) is 0.130. The number of nitrogens with zero attached hydrogens (tertiary/aromatic N) is 2. The van der Waals surface area contributed by atoms with Gasteiger partial charge in [0.15, 0.2) is 5.82 Å². The van der Waals surface area contributed by atoms with Gasteiger partial charge in [0.25, 0.3) is 5.91 Å². The number of aromatic nitrogens is 2. The van der Waals surface area contributed by atoms with E-state index in [0.717, 1.165) is 11.1 Å². The maximum Gasteiger partial charge on any atom is 0.266 e. The Kier molecular flexibility index (Phi) is 6.34. The van der Waals surface area contributed by atoms with Gasteiger partial charge in [-0.15, -0.1) is 11.3 Å². The van der Waals surface area contributed by atoms with E-state index < -0.39 is 0 Å². The molecular weight excluding hydrogens is 437 g/mol. The summed E-state index contributed by atoms with van der Waals surface area (Å²) in [5.74, 6) is 0.267. The quantitative estimate of drug-likeness (QED) is 0.376. The van der Waals surface area contributed by atoms with E-state index in [2.05, 4.69) is 10.4 Å². The number of halogens is 2. The smallest absolute Gasteiger partial charge is 0.266 e. The summed E-state index contributed by atoms with van der Waals surface area (Å²) in [4.78, 5) is 13.1. The van der Waals surface area contributed by atoms with E-state index in [1.807, 2.05) is 36.6 Å². The zero-order valence-electron chi connectivity index (χ0n) is 16.6. The minimum Gasteiger partial charge on any atom is -0.489 e. The Morgan fingerprint density at radius 3 is 2.65 bits per heavy atom. The highest BCUT2D eigenvalue weighted by atomic mass is 35.5. The fourth-order valence-corrected chi connectivity index (χ4v) is 3.87. The predicted molar refractivity (Wildman–Crippen MR) is 121 cm³/mol. The standard InChI is InChI=1S/C23H19ClFN3O2S/c1-15-2-4-16(5-3-15)11-28-12-20(24)22(27-28)26-23(29)21-10-17(14-31-21)13-30-19-8-6-18(25)7-9-19/h2-10,12,14H,11,13H2,1H3,(H,26,27,29). The van der Waals surface area contributed by atoms with Crippen molar-refractivity contribution in [2.45, 2.75) is 20.1 Å². The Morgan fingerprint density at radius 2 is 1.90 bits per heavy atom. The molecule has 4 aromatic rings. The topological polar surface area (TPSA) is 56.2 Å². The second-order valence-electron chi connectivity index (χ2n) is 7.02. The van der Waals surface area contributed by atoms with Crippen molar-refractivity contribution >= 4 is 34.7 Å². The number of benzene rings is 2. The van der Waals surface area contributed by atoms with Gasteiger partial charge in [-0.05, 0) is 48.2 Å². The molecule has 0 spiro atoms. The van der Waals surface area contributed by atoms with Crippen LogP contribution in [0.2, 0.25) is 5.02 Å². The summed E-state index contributed by atoms with van der Waals surface area (Å²) in [6.45, 7) is 2.87. The second-order valence-corrected chi connectivity index (χ2v) is 8.34. The number of anilines is 1. The largest absolute Gasteiger partial charge is 0.489 e. The van der Waals surface area contributed by atoms with Crippen molar-refractivity contribution in [2.24, 2.45) is 0 Å². The Labute approximate surface area is 188 Å². The van der Waals surface area contributed by atoms with Crippen molar-refractivity contribution in [1.82, 2.24) is 9.78 Å². The van der Waals surface area contributed by atoms with Crippen LogP contribution in [0.25, 0.3) is 0 Å². The molecule has 4 rings (SSSR count). The average Bonchev–Trinajstić information content (AvgIpc) is 3.36. The number of hydrogen-bond acceptors (Lipinski definition) is 4. The molecule has 8 heteroatoms. The number of amides is 1. The molecule has 0 radical (unpaired) electrons. The highest BCUT2D eigenvalue weighted by molar-refractivity contribution is 7.12. The summed E-state index contributed by atoms with van der Waals surface area (Å²) in [6, 6.07) is 15.7.